The smallest absolute Gasteiger partial charge is 0.119 e. The molecule has 0 aliphatic carbocycles. The fraction of sp³-hybridized carbons (Fsp3) is 0.105. The van der Waals surface area contributed by atoms with E-state index in [9.17, 15) is 5.26 Å². The minimum absolute atomic E-state index is 0.584. The Labute approximate surface area is 145 Å². The van der Waals surface area contributed by atoms with Crippen molar-refractivity contribution in [2.75, 3.05) is 7.11 Å². The van der Waals surface area contributed by atoms with E-state index >= 15 is 0 Å². The summed E-state index contributed by atoms with van der Waals surface area (Å²) >= 11 is 1.55. The maximum atomic E-state index is 9.33. The van der Waals surface area contributed by atoms with E-state index in [1.165, 1.54) is 0 Å². The zero-order chi connectivity index (χ0) is 16.8. The second kappa shape index (κ2) is 7.62. The van der Waals surface area contributed by atoms with Crippen LogP contribution in [0, 0.1) is 11.3 Å². The highest BCUT2D eigenvalue weighted by atomic mass is 32.2. The Morgan fingerprint density at radius 1 is 1.12 bits per heavy atom. The van der Waals surface area contributed by atoms with Crippen LogP contribution < -0.4 is 4.74 Å². The van der Waals surface area contributed by atoms with Gasteiger partial charge in [-0.3, -0.25) is 4.98 Å². The van der Waals surface area contributed by atoms with Crippen LogP contribution in [0.15, 0.2) is 66.0 Å². The molecule has 0 unspecified atom stereocenters. The summed E-state index contributed by atoms with van der Waals surface area (Å²) in [6.45, 7) is 0. The van der Waals surface area contributed by atoms with Gasteiger partial charge in [-0.1, -0.05) is 12.1 Å². The average molecular weight is 333 g/mol. The van der Waals surface area contributed by atoms with Gasteiger partial charge in [-0.05, 0) is 42.0 Å². The maximum Gasteiger partial charge on any atom is 0.119 e. The number of nitrogens with zero attached hydrogens (tertiary/aromatic N) is 3. The van der Waals surface area contributed by atoms with Crippen LogP contribution in [-0.4, -0.2) is 17.1 Å². The van der Waals surface area contributed by atoms with Crippen molar-refractivity contribution >= 4 is 11.8 Å². The van der Waals surface area contributed by atoms with Gasteiger partial charge in [0.25, 0.3) is 0 Å². The lowest BCUT2D eigenvalue weighted by molar-refractivity contribution is 0.414. The Bertz CT molecular complexity index is 875. The topological polar surface area (TPSA) is 58.8 Å². The number of pyridine rings is 2. The number of rotatable bonds is 5. The first kappa shape index (κ1) is 16.0. The van der Waals surface area contributed by atoms with Gasteiger partial charge in [-0.15, -0.1) is 11.8 Å². The van der Waals surface area contributed by atoms with Gasteiger partial charge in [0.1, 0.15) is 16.8 Å². The van der Waals surface area contributed by atoms with E-state index < -0.39 is 0 Å². The number of aromatic nitrogens is 2. The van der Waals surface area contributed by atoms with Gasteiger partial charge in [-0.25, -0.2) is 4.98 Å². The minimum atomic E-state index is 0.584. The third kappa shape index (κ3) is 3.73. The molecule has 2 aromatic heterocycles. The summed E-state index contributed by atoms with van der Waals surface area (Å²) in [4.78, 5) is 8.68. The number of methoxy groups -OCH3 is 1. The van der Waals surface area contributed by atoms with E-state index in [1.54, 1.807) is 31.3 Å². The maximum absolute atomic E-state index is 9.33. The fourth-order valence-electron chi connectivity index (χ4n) is 2.23. The highest BCUT2D eigenvalue weighted by molar-refractivity contribution is 7.98. The molecule has 0 saturated heterocycles. The minimum Gasteiger partial charge on any atom is -0.497 e. The summed E-state index contributed by atoms with van der Waals surface area (Å²) in [5, 5.41) is 10.1. The number of ether oxygens (including phenoxy) is 1. The summed E-state index contributed by atoms with van der Waals surface area (Å²) in [6, 6.07) is 17.6. The SMILES string of the molecule is COc1cccc(CSc2nc(-c3ccncc3)ccc2C#N)c1. The standard InChI is InChI=1S/C19H15N3OS/c1-23-17-4-2-3-14(11-17)13-24-19-16(12-20)5-6-18(22-19)15-7-9-21-10-8-15/h2-11H,13H2,1H3. The van der Waals surface area contributed by atoms with Crippen molar-refractivity contribution in [2.24, 2.45) is 0 Å². The van der Waals surface area contributed by atoms with Crippen LogP contribution in [0.3, 0.4) is 0 Å². The predicted molar refractivity (Wildman–Crippen MR) is 94.7 cm³/mol. The number of hydrogen-bond donors (Lipinski definition) is 0. The molecule has 0 saturated carbocycles. The number of thioether (sulfide) groups is 1. The molecule has 3 rings (SSSR count). The Morgan fingerprint density at radius 2 is 1.96 bits per heavy atom. The highest BCUT2D eigenvalue weighted by Gasteiger charge is 2.08. The second-order valence-electron chi connectivity index (χ2n) is 5.04. The van der Waals surface area contributed by atoms with Gasteiger partial charge in [0, 0.05) is 23.7 Å². The van der Waals surface area contributed by atoms with Crippen LogP contribution in [0.2, 0.25) is 0 Å². The molecule has 0 bridgehead atoms. The first-order chi connectivity index (χ1) is 11.8. The fourth-order valence-corrected chi connectivity index (χ4v) is 3.15. The molecule has 0 aliphatic rings. The quantitative estimate of drug-likeness (QED) is 0.651. The van der Waals surface area contributed by atoms with Crippen molar-refractivity contribution in [1.82, 2.24) is 9.97 Å². The molecule has 24 heavy (non-hydrogen) atoms. The molecule has 118 valence electrons. The van der Waals surface area contributed by atoms with Crippen molar-refractivity contribution in [1.29, 1.82) is 5.26 Å². The van der Waals surface area contributed by atoms with Gasteiger partial charge < -0.3 is 4.74 Å². The molecule has 0 fully saturated rings. The highest BCUT2D eigenvalue weighted by Crippen LogP contribution is 2.28. The largest absolute Gasteiger partial charge is 0.497 e. The Morgan fingerprint density at radius 3 is 2.71 bits per heavy atom. The van der Waals surface area contributed by atoms with E-state index in [0.717, 1.165) is 33.3 Å². The van der Waals surface area contributed by atoms with Gasteiger partial charge in [0.15, 0.2) is 0 Å². The third-order valence-corrected chi connectivity index (χ3v) is 4.53. The second-order valence-corrected chi connectivity index (χ2v) is 6.00. The van der Waals surface area contributed by atoms with Crippen molar-refractivity contribution < 1.29 is 4.74 Å². The van der Waals surface area contributed by atoms with E-state index in [-0.39, 0.29) is 0 Å². The molecular formula is C19H15N3OS. The lowest BCUT2D eigenvalue weighted by atomic mass is 10.1. The molecule has 0 radical (unpaired) electrons. The molecule has 4 nitrogen and oxygen atoms in total. The van der Waals surface area contributed by atoms with Crippen LogP contribution >= 0.6 is 11.8 Å². The Balaban J connectivity index is 1.85. The van der Waals surface area contributed by atoms with E-state index in [1.807, 2.05) is 48.5 Å². The van der Waals surface area contributed by atoms with Crippen molar-refractivity contribution in [2.45, 2.75) is 10.8 Å². The first-order valence-electron chi connectivity index (χ1n) is 7.37. The lowest BCUT2D eigenvalue weighted by Crippen LogP contribution is -1.92. The van der Waals surface area contributed by atoms with Gasteiger partial charge in [-0.2, -0.15) is 5.26 Å². The Hall–Kier alpha value is -2.84. The molecule has 1 aromatic carbocycles. The van der Waals surface area contributed by atoms with Crippen molar-refractivity contribution in [3.8, 4) is 23.1 Å². The van der Waals surface area contributed by atoms with Crippen LogP contribution in [0.5, 0.6) is 5.75 Å². The van der Waals surface area contributed by atoms with E-state index in [0.29, 0.717) is 5.56 Å². The molecule has 0 amide bonds. The zero-order valence-corrected chi connectivity index (χ0v) is 14.0. The van der Waals surface area contributed by atoms with Gasteiger partial charge in [0.05, 0.1) is 18.4 Å². The van der Waals surface area contributed by atoms with E-state index in [2.05, 4.69) is 16.0 Å². The van der Waals surface area contributed by atoms with E-state index in [4.69, 9.17) is 4.74 Å². The molecule has 3 aromatic rings. The van der Waals surface area contributed by atoms with Crippen LogP contribution in [0.1, 0.15) is 11.1 Å². The predicted octanol–water partition coefficient (Wildman–Crippen LogP) is 4.32. The summed E-state index contributed by atoms with van der Waals surface area (Å²) in [6.07, 6.45) is 3.47. The van der Waals surface area contributed by atoms with Gasteiger partial charge in [0.2, 0.25) is 0 Å². The molecular weight excluding hydrogens is 318 g/mol. The van der Waals surface area contributed by atoms with Crippen molar-refractivity contribution in [3.05, 3.63) is 72.1 Å². The Kier molecular flexibility index (Phi) is 5.09. The van der Waals surface area contributed by atoms with Gasteiger partial charge >= 0.3 is 0 Å². The first-order valence-corrected chi connectivity index (χ1v) is 8.36. The lowest BCUT2D eigenvalue weighted by Gasteiger charge is -2.07. The molecule has 0 spiro atoms. The summed E-state index contributed by atoms with van der Waals surface area (Å²) in [5.41, 5.74) is 3.53. The molecule has 2 heterocycles. The molecule has 5 heteroatoms. The third-order valence-electron chi connectivity index (χ3n) is 3.47. The molecule has 0 atom stereocenters. The van der Waals surface area contributed by atoms with Crippen molar-refractivity contribution in [3.63, 3.8) is 0 Å². The average Bonchev–Trinajstić information content (AvgIpc) is 2.67. The summed E-state index contributed by atoms with van der Waals surface area (Å²) in [5.74, 6) is 1.55. The molecule has 0 aliphatic heterocycles. The number of hydrogen-bond acceptors (Lipinski definition) is 5. The molecule has 0 N–H and O–H groups in total. The summed E-state index contributed by atoms with van der Waals surface area (Å²) in [7, 11) is 1.65. The number of benzene rings is 1. The van der Waals surface area contributed by atoms with Crippen LogP contribution in [0.25, 0.3) is 11.3 Å². The van der Waals surface area contributed by atoms with Crippen LogP contribution in [-0.2, 0) is 5.75 Å². The monoisotopic (exact) mass is 333 g/mol. The van der Waals surface area contributed by atoms with Crippen LogP contribution in [0.4, 0.5) is 0 Å². The summed E-state index contributed by atoms with van der Waals surface area (Å²) < 4.78 is 5.25. The normalized spacial score (nSPS) is 10.2. The zero-order valence-electron chi connectivity index (χ0n) is 13.1. The number of nitriles is 1.